The van der Waals surface area contributed by atoms with Crippen LogP contribution in [0.2, 0.25) is 0 Å². The summed E-state index contributed by atoms with van der Waals surface area (Å²) in [6, 6.07) is 5.22. The largest absolute Gasteiger partial charge is 0.480 e. The molecular weight excluding hydrogens is 330 g/mol. The monoisotopic (exact) mass is 355 g/mol. The van der Waals surface area contributed by atoms with E-state index < -0.39 is 17.9 Å². The van der Waals surface area contributed by atoms with Crippen LogP contribution in [0.5, 0.6) is 0 Å². The van der Waals surface area contributed by atoms with E-state index >= 15 is 0 Å². The van der Waals surface area contributed by atoms with E-state index in [9.17, 15) is 14.7 Å². The Hall–Kier alpha value is -2.63. The van der Waals surface area contributed by atoms with Gasteiger partial charge < -0.3 is 10.4 Å². The number of benzene rings is 1. The maximum atomic E-state index is 12.8. The summed E-state index contributed by atoms with van der Waals surface area (Å²) in [5, 5.41) is 16.6. The topological polar surface area (TPSA) is 84.2 Å². The molecule has 1 atom stereocenters. The Labute approximate surface area is 153 Å². The van der Waals surface area contributed by atoms with Crippen molar-refractivity contribution in [2.45, 2.75) is 53.0 Å². The molecule has 6 nitrogen and oxygen atoms in total. The van der Waals surface area contributed by atoms with Crippen LogP contribution < -0.4 is 5.32 Å². The molecular formula is C20H25N3O3. The normalized spacial score (nSPS) is 14.3. The lowest BCUT2D eigenvalue weighted by Crippen LogP contribution is -2.44. The maximum Gasteiger partial charge on any atom is 0.326 e. The Kier molecular flexibility index (Phi) is 4.85. The van der Waals surface area contributed by atoms with Crippen LogP contribution in [0.3, 0.4) is 0 Å². The van der Waals surface area contributed by atoms with E-state index in [1.54, 1.807) is 13.8 Å². The molecule has 0 saturated carbocycles. The third-order valence-electron chi connectivity index (χ3n) is 4.95. The molecule has 1 aliphatic carbocycles. The van der Waals surface area contributed by atoms with Crippen LogP contribution in [-0.2, 0) is 17.6 Å². The van der Waals surface area contributed by atoms with Gasteiger partial charge in [-0.2, -0.15) is 5.10 Å². The van der Waals surface area contributed by atoms with Gasteiger partial charge in [0.1, 0.15) is 6.04 Å². The van der Waals surface area contributed by atoms with Gasteiger partial charge >= 0.3 is 5.97 Å². The number of aromatic nitrogens is 2. The molecule has 1 aliphatic rings. The zero-order chi connectivity index (χ0) is 19.0. The van der Waals surface area contributed by atoms with E-state index in [2.05, 4.69) is 16.5 Å². The highest BCUT2D eigenvalue weighted by Gasteiger charge is 2.30. The van der Waals surface area contributed by atoms with Gasteiger partial charge in [-0.25, -0.2) is 9.48 Å². The van der Waals surface area contributed by atoms with Crippen LogP contribution >= 0.6 is 0 Å². The minimum absolute atomic E-state index is 0.203. The van der Waals surface area contributed by atoms with Crippen LogP contribution in [0.4, 0.5) is 0 Å². The van der Waals surface area contributed by atoms with Crippen LogP contribution in [-0.4, -0.2) is 32.8 Å². The number of hydrogen-bond acceptors (Lipinski definition) is 3. The first-order valence-corrected chi connectivity index (χ1v) is 9.01. The molecule has 138 valence electrons. The molecule has 1 aromatic heterocycles. The summed E-state index contributed by atoms with van der Waals surface area (Å²) in [6.07, 6.45) is 2.64. The highest BCUT2D eigenvalue weighted by Crippen LogP contribution is 2.29. The zero-order valence-electron chi connectivity index (χ0n) is 15.7. The van der Waals surface area contributed by atoms with E-state index in [-0.39, 0.29) is 5.92 Å². The van der Waals surface area contributed by atoms with E-state index in [1.807, 2.05) is 30.7 Å². The first kappa shape index (κ1) is 18.2. The van der Waals surface area contributed by atoms with E-state index in [0.29, 0.717) is 5.69 Å². The highest BCUT2D eigenvalue weighted by molar-refractivity contribution is 5.96. The molecule has 0 bridgehead atoms. The van der Waals surface area contributed by atoms with Gasteiger partial charge in [0.25, 0.3) is 5.91 Å². The predicted octanol–water partition coefficient (Wildman–Crippen LogP) is 2.82. The summed E-state index contributed by atoms with van der Waals surface area (Å²) >= 11 is 0. The number of fused-ring (bicyclic) bond motifs is 1. The standard InChI is InChI=1S/C20H25N3O3/c1-11(2)17(20(25)26)21-19(24)18-14-6-5-7-16(14)23(22-18)15-9-8-12(3)10-13(15)4/h8-11,17H,5-7H2,1-4H3,(H,21,24)(H,25,26)/t17-/m0/s1. The first-order valence-electron chi connectivity index (χ1n) is 9.01. The van der Waals surface area contributed by atoms with Crippen molar-refractivity contribution in [3.63, 3.8) is 0 Å². The van der Waals surface area contributed by atoms with E-state index in [4.69, 9.17) is 0 Å². The molecule has 0 unspecified atom stereocenters. The lowest BCUT2D eigenvalue weighted by atomic mass is 10.0. The van der Waals surface area contributed by atoms with Gasteiger partial charge in [-0.1, -0.05) is 31.5 Å². The van der Waals surface area contributed by atoms with Crippen molar-refractivity contribution < 1.29 is 14.7 Å². The number of rotatable bonds is 5. The highest BCUT2D eigenvalue weighted by atomic mass is 16.4. The molecule has 2 N–H and O–H groups in total. The van der Waals surface area contributed by atoms with E-state index in [0.717, 1.165) is 41.8 Å². The fraction of sp³-hybridized carbons (Fsp3) is 0.450. The number of carbonyl (C=O) groups excluding carboxylic acids is 1. The minimum Gasteiger partial charge on any atom is -0.480 e. The van der Waals surface area contributed by atoms with Crippen LogP contribution in [0, 0.1) is 19.8 Å². The third-order valence-corrected chi connectivity index (χ3v) is 4.95. The second-order valence-electron chi connectivity index (χ2n) is 7.36. The lowest BCUT2D eigenvalue weighted by molar-refractivity contribution is -0.140. The molecule has 3 rings (SSSR count). The maximum absolute atomic E-state index is 12.8. The number of carbonyl (C=O) groups is 2. The molecule has 0 aliphatic heterocycles. The van der Waals surface area contributed by atoms with Crippen molar-refractivity contribution in [3.8, 4) is 5.69 Å². The number of carboxylic acid groups (broad SMARTS) is 1. The predicted molar refractivity (Wildman–Crippen MR) is 98.8 cm³/mol. The first-order chi connectivity index (χ1) is 12.3. The van der Waals surface area contributed by atoms with Gasteiger partial charge in [-0.05, 0) is 50.7 Å². The molecule has 1 amide bonds. The van der Waals surface area contributed by atoms with Crippen LogP contribution in [0.25, 0.3) is 5.69 Å². The summed E-state index contributed by atoms with van der Waals surface area (Å²) in [6.45, 7) is 7.63. The number of hydrogen-bond donors (Lipinski definition) is 2. The Morgan fingerprint density at radius 1 is 1.23 bits per heavy atom. The fourth-order valence-electron chi connectivity index (χ4n) is 3.59. The van der Waals surface area contributed by atoms with Crippen molar-refractivity contribution in [1.82, 2.24) is 15.1 Å². The van der Waals surface area contributed by atoms with Gasteiger partial charge in [0, 0.05) is 11.3 Å². The lowest BCUT2D eigenvalue weighted by Gasteiger charge is -2.17. The average molecular weight is 355 g/mol. The molecule has 26 heavy (non-hydrogen) atoms. The molecule has 0 saturated heterocycles. The van der Waals surface area contributed by atoms with Gasteiger partial charge in [0.2, 0.25) is 0 Å². The average Bonchev–Trinajstić information content (AvgIpc) is 3.14. The minimum atomic E-state index is -1.03. The molecule has 1 aromatic carbocycles. The third kappa shape index (κ3) is 3.23. The number of amides is 1. The Morgan fingerprint density at radius 2 is 1.96 bits per heavy atom. The van der Waals surface area contributed by atoms with Gasteiger partial charge in [0.15, 0.2) is 5.69 Å². The second-order valence-corrected chi connectivity index (χ2v) is 7.36. The van der Waals surface area contributed by atoms with E-state index in [1.165, 1.54) is 5.56 Å². The Morgan fingerprint density at radius 3 is 2.58 bits per heavy atom. The quantitative estimate of drug-likeness (QED) is 0.864. The molecule has 1 heterocycles. The van der Waals surface area contributed by atoms with Gasteiger partial charge in [0.05, 0.1) is 5.69 Å². The fourth-order valence-corrected chi connectivity index (χ4v) is 3.59. The molecule has 6 heteroatoms. The molecule has 0 spiro atoms. The number of carboxylic acids is 1. The van der Waals surface area contributed by atoms with Crippen molar-refractivity contribution >= 4 is 11.9 Å². The van der Waals surface area contributed by atoms with Crippen molar-refractivity contribution in [2.75, 3.05) is 0 Å². The molecule has 2 aromatic rings. The SMILES string of the molecule is Cc1ccc(-n2nc(C(=O)N[C@H](C(=O)O)C(C)C)c3c2CCC3)c(C)c1. The number of aliphatic carboxylic acids is 1. The summed E-state index contributed by atoms with van der Waals surface area (Å²) in [7, 11) is 0. The summed E-state index contributed by atoms with van der Waals surface area (Å²) in [4.78, 5) is 24.2. The molecule has 0 radical (unpaired) electrons. The van der Waals surface area contributed by atoms with Crippen molar-refractivity contribution in [1.29, 1.82) is 0 Å². The Balaban J connectivity index is 2.00. The number of aryl methyl sites for hydroxylation is 2. The number of nitrogens with zero attached hydrogens (tertiary/aromatic N) is 2. The van der Waals surface area contributed by atoms with Crippen LogP contribution in [0.15, 0.2) is 18.2 Å². The summed E-state index contributed by atoms with van der Waals surface area (Å²) in [5.41, 5.74) is 5.58. The van der Waals surface area contributed by atoms with Crippen molar-refractivity contribution in [2.24, 2.45) is 5.92 Å². The summed E-state index contributed by atoms with van der Waals surface area (Å²) < 4.78 is 1.86. The van der Waals surface area contributed by atoms with Gasteiger partial charge in [-0.3, -0.25) is 4.79 Å². The Bertz CT molecular complexity index is 867. The zero-order valence-corrected chi connectivity index (χ0v) is 15.7. The second kappa shape index (κ2) is 6.94. The van der Waals surface area contributed by atoms with Crippen LogP contribution in [0.1, 0.15) is 53.1 Å². The van der Waals surface area contributed by atoms with Crippen molar-refractivity contribution in [3.05, 3.63) is 46.3 Å². The summed E-state index contributed by atoms with van der Waals surface area (Å²) in [5.74, 6) is -1.64. The number of nitrogens with one attached hydrogen (secondary N) is 1. The van der Waals surface area contributed by atoms with Gasteiger partial charge in [-0.15, -0.1) is 0 Å². The smallest absolute Gasteiger partial charge is 0.326 e. The molecule has 0 fully saturated rings.